The third-order valence-corrected chi connectivity index (χ3v) is 4.56. The van der Waals surface area contributed by atoms with Crippen molar-refractivity contribution in [1.29, 1.82) is 0 Å². The van der Waals surface area contributed by atoms with Crippen LogP contribution in [-0.4, -0.2) is 18.4 Å². The maximum atomic E-state index is 13.8. The minimum Gasteiger partial charge on any atom is -0.459 e. The molecule has 0 unspecified atom stereocenters. The van der Waals surface area contributed by atoms with Crippen LogP contribution in [0.1, 0.15) is 32.9 Å². The van der Waals surface area contributed by atoms with Gasteiger partial charge in [0, 0.05) is 17.9 Å². The van der Waals surface area contributed by atoms with Gasteiger partial charge in [-0.2, -0.15) is 0 Å². The molecule has 0 radical (unpaired) electrons. The Morgan fingerprint density at radius 1 is 1.07 bits per heavy atom. The molecule has 6 heteroatoms. The number of aryl methyl sites for hydroxylation is 1. The van der Waals surface area contributed by atoms with Crippen molar-refractivity contribution in [3.05, 3.63) is 83.6 Å². The lowest BCUT2D eigenvalue weighted by atomic mass is 10.0. The van der Waals surface area contributed by atoms with Crippen molar-refractivity contribution in [3.63, 3.8) is 0 Å². The molecule has 1 aliphatic rings. The van der Waals surface area contributed by atoms with E-state index < -0.39 is 11.7 Å². The van der Waals surface area contributed by atoms with Gasteiger partial charge < -0.3 is 14.6 Å². The summed E-state index contributed by atoms with van der Waals surface area (Å²) in [5.41, 5.74) is 2.22. The first-order valence-corrected chi connectivity index (χ1v) is 8.67. The average molecular weight is 364 g/mol. The summed E-state index contributed by atoms with van der Waals surface area (Å²) >= 11 is 0. The number of halogens is 1. The number of hydrogen-bond acceptors (Lipinski definition) is 3. The SMILES string of the molecule is O=C(Nc1ccc2c(c1)N(C(=O)c1ccco1)CCC2)c1ccccc1F. The topological polar surface area (TPSA) is 62.6 Å². The van der Waals surface area contributed by atoms with Crippen molar-refractivity contribution < 1.29 is 18.4 Å². The summed E-state index contributed by atoms with van der Waals surface area (Å²) in [6.07, 6.45) is 3.16. The van der Waals surface area contributed by atoms with Gasteiger partial charge in [0.2, 0.25) is 0 Å². The normalized spacial score (nSPS) is 13.1. The van der Waals surface area contributed by atoms with Crippen molar-refractivity contribution in [1.82, 2.24) is 0 Å². The number of nitrogens with zero attached hydrogens (tertiary/aromatic N) is 1. The zero-order valence-corrected chi connectivity index (χ0v) is 14.4. The van der Waals surface area contributed by atoms with Crippen LogP contribution in [0.25, 0.3) is 0 Å². The fraction of sp³-hybridized carbons (Fsp3) is 0.143. The van der Waals surface area contributed by atoms with Gasteiger partial charge in [-0.25, -0.2) is 4.39 Å². The fourth-order valence-electron chi connectivity index (χ4n) is 3.24. The molecule has 136 valence electrons. The molecule has 0 saturated carbocycles. The molecule has 0 spiro atoms. The van der Waals surface area contributed by atoms with Gasteiger partial charge in [0.15, 0.2) is 5.76 Å². The van der Waals surface area contributed by atoms with Gasteiger partial charge in [0.05, 0.1) is 11.8 Å². The number of nitrogens with one attached hydrogen (secondary N) is 1. The van der Waals surface area contributed by atoms with E-state index in [0.717, 1.165) is 24.1 Å². The summed E-state index contributed by atoms with van der Waals surface area (Å²) in [5.74, 6) is -1.07. The van der Waals surface area contributed by atoms with Crippen LogP contribution in [0.5, 0.6) is 0 Å². The van der Waals surface area contributed by atoms with E-state index in [1.807, 2.05) is 6.07 Å². The van der Waals surface area contributed by atoms with Gasteiger partial charge in [-0.15, -0.1) is 0 Å². The maximum Gasteiger partial charge on any atom is 0.293 e. The van der Waals surface area contributed by atoms with E-state index in [1.165, 1.54) is 24.5 Å². The van der Waals surface area contributed by atoms with Crippen molar-refractivity contribution in [2.24, 2.45) is 0 Å². The van der Waals surface area contributed by atoms with E-state index in [9.17, 15) is 14.0 Å². The van der Waals surface area contributed by atoms with Crippen LogP contribution in [0.2, 0.25) is 0 Å². The first-order chi connectivity index (χ1) is 13.1. The summed E-state index contributed by atoms with van der Waals surface area (Å²) in [6.45, 7) is 0.567. The maximum absolute atomic E-state index is 13.8. The molecule has 2 aromatic carbocycles. The molecule has 0 saturated heterocycles. The number of anilines is 2. The third kappa shape index (κ3) is 3.33. The smallest absolute Gasteiger partial charge is 0.293 e. The Morgan fingerprint density at radius 3 is 2.70 bits per heavy atom. The van der Waals surface area contributed by atoms with Crippen LogP contribution in [0, 0.1) is 5.82 Å². The molecule has 2 amide bonds. The number of furan rings is 1. The number of fused-ring (bicyclic) bond motifs is 1. The van der Waals surface area contributed by atoms with E-state index in [-0.39, 0.29) is 17.2 Å². The molecule has 2 heterocycles. The second kappa shape index (κ2) is 7.07. The lowest BCUT2D eigenvalue weighted by molar-refractivity contribution is 0.0957. The Morgan fingerprint density at radius 2 is 1.93 bits per heavy atom. The van der Waals surface area contributed by atoms with E-state index in [2.05, 4.69) is 5.32 Å². The van der Waals surface area contributed by atoms with Crippen molar-refractivity contribution in [2.45, 2.75) is 12.8 Å². The van der Waals surface area contributed by atoms with Gasteiger partial charge >= 0.3 is 0 Å². The van der Waals surface area contributed by atoms with Crippen LogP contribution < -0.4 is 10.2 Å². The summed E-state index contributed by atoms with van der Waals surface area (Å²) < 4.78 is 19.0. The molecule has 0 atom stereocenters. The predicted octanol–water partition coefficient (Wildman–Crippen LogP) is 4.26. The van der Waals surface area contributed by atoms with Crippen LogP contribution in [-0.2, 0) is 6.42 Å². The Balaban J connectivity index is 1.62. The first-order valence-electron chi connectivity index (χ1n) is 8.67. The Hall–Kier alpha value is -3.41. The summed E-state index contributed by atoms with van der Waals surface area (Å²) in [7, 11) is 0. The predicted molar refractivity (Wildman–Crippen MR) is 99.5 cm³/mol. The van der Waals surface area contributed by atoms with E-state index in [4.69, 9.17) is 4.42 Å². The van der Waals surface area contributed by atoms with Gasteiger partial charge in [0.1, 0.15) is 5.82 Å². The molecule has 1 N–H and O–H groups in total. The Labute approximate surface area is 155 Å². The molecule has 27 heavy (non-hydrogen) atoms. The Kier molecular flexibility index (Phi) is 4.46. The highest BCUT2D eigenvalue weighted by Crippen LogP contribution is 2.31. The highest BCUT2D eigenvalue weighted by molar-refractivity contribution is 6.07. The molecule has 1 aliphatic heterocycles. The fourth-order valence-corrected chi connectivity index (χ4v) is 3.24. The molecular formula is C21H17FN2O3. The number of carbonyl (C=O) groups excluding carboxylic acids is 2. The van der Waals surface area contributed by atoms with Crippen molar-refractivity contribution in [3.8, 4) is 0 Å². The van der Waals surface area contributed by atoms with Gasteiger partial charge in [-0.1, -0.05) is 18.2 Å². The standard InChI is InChI=1S/C21H17FN2O3/c22-17-7-2-1-6-16(17)20(25)23-15-10-9-14-5-3-11-24(18(14)13-15)21(26)19-8-4-12-27-19/h1-2,4,6-10,12-13H,3,5,11H2,(H,23,25). The lowest BCUT2D eigenvalue weighted by Gasteiger charge is -2.29. The quantitative estimate of drug-likeness (QED) is 0.755. The zero-order chi connectivity index (χ0) is 18.8. The minimum atomic E-state index is -0.581. The van der Waals surface area contributed by atoms with Crippen molar-refractivity contribution >= 4 is 23.2 Å². The molecule has 4 rings (SSSR count). The van der Waals surface area contributed by atoms with Crippen LogP contribution in [0.15, 0.2) is 65.3 Å². The molecule has 5 nitrogen and oxygen atoms in total. The first kappa shape index (κ1) is 17.0. The second-order valence-corrected chi connectivity index (χ2v) is 6.32. The number of rotatable bonds is 3. The average Bonchev–Trinajstić information content (AvgIpc) is 3.22. The molecular weight excluding hydrogens is 347 g/mol. The monoisotopic (exact) mass is 364 g/mol. The van der Waals surface area contributed by atoms with Gasteiger partial charge in [-0.3, -0.25) is 9.59 Å². The molecule has 3 aromatic rings. The Bertz CT molecular complexity index is 998. The lowest BCUT2D eigenvalue weighted by Crippen LogP contribution is -2.35. The molecule has 1 aromatic heterocycles. The number of amides is 2. The second-order valence-electron chi connectivity index (χ2n) is 6.32. The zero-order valence-electron chi connectivity index (χ0n) is 14.4. The van der Waals surface area contributed by atoms with Gasteiger partial charge in [-0.05, 0) is 54.8 Å². The minimum absolute atomic E-state index is 0.0289. The largest absolute Gasteiger partial charge is 0.459 e. The van der Waals surface area contributed by atoms with E-state index in [1.54, 1.807) is 35.2 Å². The number of hydrogen-bond donors (Lipinski definition) is 1. The third-order valence-electron chi connectivity index (χ3n) is 4.56. The number of benzene rings is 2. The summed E-state index contributed by atoms with van der Waals surface area (Å²) in [6, 6.07) is 14.5. The van der Waals surface area contributed by atoms with E-state index >= 15 is 0 Å². The number of carbonyl (C=O) groups is 2. The summed E-state index contributed by atoms with van der Waals surface area (Å²) in [5, 5.41) is 2.70. The summed E-state index contributed by atoms with van der Waals surface area (Å²) in [4.78, 5) is 26.7. The van der Waals surface area contributed by atoms with Gasteiger partial charge in [0.25, 0.3) is 11.8 Å². The van der Waals surface area contributed by atoms with Crippen LogP contribution >= 0.6 is 0 Å². The molecule has 0 bridgehead atoms. The van der Waals surface area contributed by atoms with E-state index in [0.29, 0.717) is 12.2 Å². The highest BCUT2D eigenvalue weighted by Gasteiger charge is 2.25. The van der Waals surface area contributed by atoms with Crippen LogP contribution in [0.3, 0.4) is 0 Å². The molecule has 0 aliphatic carbocycles. The molecule has 0 fully saturated rings. The van der Waals surface area contributed by atoms with Crippen LogP contribution in [0.4, 0.5) is 15.8 Å². The highest BCUT2D eigenvalue weighted by atomic mass is 19.1. The van der Waals surface area contributed by atoms with Crippen molar-refractivity contribution in [2.75, 3.05) is 16.8 Å².